The Hall–Kier alpha value is -1.30. The Balaban J connectivity index is 1.46. The highest BCUT2D eigenvalue weighted by Crippen LogP contribution is 2.40. The van der Waals surface area contributed by atoms with Crippen LogP contribution in [-0.2, 0) is 4.79 Å². The molecule has 0 saturated carbocycles. The topological polar surface area (TPSA) is 55.9 Å². The first kappa shape index (κ1) is 19.5. The second kappa shape index (κ2) is 8.59. The van der Waals surface area contributed by atoms with Crippen molar-refractivity contribution in [2.24, 2.45) is 11.3 Å². The van der Waals surface area contributed by atoms with E-state index in [-0.39, 0.29) is 11.9 Å². The molecule has 148 valence electrons. The Morgan fingerprint density at radius 1 is 0.923 bits per heavy atom. The van der Waals surface area contributed by atoms with Gasteiger partial charge in [-0.3, -0.25) is 4.79 Å². The average Bonchev–Trinajstić information content (AvgIpc) is 2.70. The molecule has 6 heteroatoms. The van der Waals surface area contributed by atoms with Gasteiger partial charge in [-0.15, -0.1) is 0 Å². The van der Waals surface area contributed by atoms with E-state index in [0.717, 1.165) is 65.2 Å². The van der Waals surface area contributed by atoms with Crippen LogP contribution in [0.25, 0.3) is 0 Å². The minimum absolute atomic E-state index is 0.109. The maximum atomic E-state index is 12.9. The molecule has 0 unspecified atom stereocenters. The van der Waals surface area contributed by atoms with E-state index in [1.807, 2.05) is 23.6 Å². The van der Waals surface area contributed by atoms with Gasteiger partial charge in [0.1, 0.15) is 0 Å². The van der Waals surface area contributed by atoms with E-state index in [4.69, 9.17) is 0 Å². The molecule has 3 heterocycles. The lowest BCUT2D eigenvalue weighted by molar-refractivity contribution is -0.139. The number of likely N-dealkylation sites (tertiary alicyclic amines) is 2. The second-order valence-corrected chi connectivity index (χ2v) is 8.29. The summed E-state index contributed by atoms with van der Waals surface area (Å²) in [5, 5.41) is 3.46. The second-order valence-electron chi connectivity index (χ2n) is 8.29. The van der Waals surface area contributed by atoms with Crippen LogP contribution in [0.3, 0.4) is 0 Å². The van der Waals surface area contributed by atoms with Gasteiger partial charge in [0.2, 0.25) is 5.91 Å². The predicted molar refractivity (Wildman–Crippen MR) is 103 cm³/mol. The van der Waals surface area contributed by atoms with Crippen molar-refractivity contribution in [3.63, 3.8) is 0 Å². The molecule has 0 aromatic rings. The van der Waals surface area contributed by atoms with Gasteiger partial charge in [0.15, 0.2) is 0 Å². The Kier molecular flexibility index (Phi) is 6.43. The van der Waals surface area contributed by atoms with Gasteiger partial charge in [0.25, 0.3) is 0 Å². The highest BCUT2D eigenvalue weighted by Gasteiger charge is 2.38. The highest BCUT2D eigenvalue weighted by molar-refractivity contribution is 5.80. The van der Waals surface area contributed by atoms with Crippen molar-refractivity contribution in [1.82, 2.24) is 20.0 Å². The van der Waals surface area contributed by atoms with Crippen molar-refractivity contribution in [1.29, 1.82) is 0 Å². The van der Waals surface area contributed by atoms with Gasteiger partial charge in [-0.2, -0.15) is 0 Å². The Bertz CT molecular complexity index is 482. The molecule has 0 aromatic heterocycles. The van der Waals surface area contributed by atoms with Crippen LogP contribution >= 0.6 is 0 Å². The van der Waals surface area contributed by atoms with Crippen LogP contribution in [0.5, 0.6) is 0 Å². The van der Waals surface area contributed by atoms with Crippen molar-refractivity contribution in [3.05, 3.63) is 0 Å². The monoisotopic (exact) mass is 364 g/mol. The van der Waals surface area contributed by atoms with Crippen molar-refractivity contribution in [2.45, 2.75) is 52.4 Å². The summed E-state index contributed by atoms with van der Waals surface area (Å²) in [6.45, 7) is 11.1. The van der Waals surface area contributed by atoms with E-state index >= 15 is 0 Å². The zero-order chi connectivity index (χ0) is 18.6. The largest absolute Gasteiger partial charge is 0.342 e. The highest BCUT2D eigenvalue weighted by atomic mass is 16.2. The summed E-state index contributed by atoms with van der Waals surface area (Å²) >= 11 is 0. The lowest BCUT2D eigenvalue weighted by atomic mass is 9.71. The first-order chi connectivity index (χ1) is 12.6. The van der Waals surface area contributed by atoms with E-state index in [2.05, 4.69) is 10.2 Å². The van der Waals surface area contributed by atoms with Crippen LogP contribution in [0.1, 0.15) is 52.4 Å². The third-order valence-electron chi connectivity index (χ3n) is 6.95. The van der Waals surface area contributed by atoms with E-state index in [1.165, 1.54) is 25.7 Å². The number of urea groups is 1. The molecule has 1 spiro atoms. The third kappa shape index (κ3) is 4.16. The van der Waals surface area contributed by atoms with Crippen LogP contribution in [0, 0.1) is 11.3 Å². The number of nitrogens with zero attached hydrogens (tertiary/aromatic N) is 3. The zero-order valence-corrected chi connectivity index (χ0v) is 16.6. The number of piperidine rings is 3. The number of rotatable bonds is 3. The molecule has 3 fully saturated rings. The number of hydrogen-bond acceptors (Lipinski definition) is 3. The van der Waals surface area contributed by atoms with Crippen molar-refractivity contribution in [3.8, 4) is 0 Å². The number of carbonyl (C=O) groups is 2. The average molecular weight is 365 g/mol. The number of carbonyl (C=O) groups excluding carboxylic acids is 2. The van der Waals surface area contributed by atoms with E-state index < -0.39 is 0 Å². The summed E-state index contributed by atoms with van der Waals surface area (Å²) in [4.78, 5) is 31.3. The Morgan fingerprint density at radius 2 is 1.50 bits per heavy atom. The first-order valence-corrected chi connectivity index (χ1v) is 10.6. The molecule has 0 aliphatic carbocycles. The van der Waals surface area contributed by atoms with Gasteiger partial charge in [-0.25, -0.2) is 4.79 Å². The maximum Gasteiger partial charge on any atom is 0.319 e. The van der Waals surface area contributed by atoms with E-state index in [1.54, 1.807) is 0 Å². The molecule has 1 N–H and O–H groups in total. The number of nitrogens with one attached hydrogen (secondary N) is 1. The van der Waals surface area contributed by atoms with Crippen LogP contribution in [0.15, 0.2) is 0 Å². The maximum absolute atomic E-state index is 12.9. The molecular formula is C20H36N4O2. The summed E-state index contributed by atoms with van der Waals surface area (Å²) in [5.41, 5.74) is 0.488. The smallest absolute Gasteiger partial charge is 0.319 e. The molecule has 3 rings (SSSR count). The van der Waals surface area contributed by atoms with Gasteiger partial charge in [0, 0.05) is 45.2 Å². The molecule has 3 amide bonds. The van der Waals surface area contributed by atoms with Crippen LogP contribution < -0.4 is 5.32 Å². The summed E-state index contributed by atoms with van der Waals surface area (Å²) in [6.07, 6.45) is 6.50. The van der Waals surface area contributed by atoms with E-state index in [9.17, 15) is 9.59 Å². The zero-order valence-electron chi connectivity index (χ0n) is 16.6. The van der Waals surface area contributed by atoms with Gasteiger partial charge < -0.3 is 20.0 Å². The first-order valence-electron chi connectivity index (χ1n) is 10.6. The normalized spacial score (nSPS) is 23.9. The molecule has 0 bridgehead atoms. The molecular weight excluding hydrogens is 328 g/mol. The third-order valence-corrected chi connectivity index (χ3v) is 6.95. The fourth-order valence-electron chi connectivity index (χ4n) is 4.93. The molecule has 0 aromatic carbocycles. The Labute approximate surface area is 158 Å². The summed E-state index contributed by atoms with van der Waals surface area (Å²) in [7, 11) is 0. The van der Waals surface area contributed by atoms with Crippen LogP contribution in [0.4, 0.5) is 4.79 Å². The predicted octanol–water partition coefficient (Wildman–Crippen LogP) is 2.15. The fraction of sp³-hybridized carbons (Fsp3) is 0.900. The Morgan fingerprint density at radius 3 is 2.04 bits per heavy atom. The SMILES string of the molecule is CCN(CC)C(=O)N1CCC(C(=O)N2CCC3(CCNCC3)CC2)CC1. The molecule has 26 heavy (non-hydrogen) atoms. The van der Waals surface area contributed by atoms with Gasteiger partial charge in [-0.05, 0) is 70.9 Å². The van der Waals surface area contributed by atoms with Crippen LogP contribution in [0.2, 0.25) is 0 Å². The van der Waals surface area contributed by atoms with Gasteiger partial charge in [-0.1, -0.05) is 0 Å². The lowest BCUT2D eigenvalue weighted by Crippen LogP contribution is -2.51. The summed E-state index contributed by atoms with van der Waals surface area (Å²) in [5.74, 6) is 0.446. The molecule has 3 aliphatic heterocycles. The van der Waals surface area contributed by atoms with Crippen LogP contribution in [-0.4, -0.2) is 79.0 Å². The number of amides is 3. The van der Waals surface area contributed by atoms with Crippen molar-refractivity contribution >= 4 is 11.9 Å². The molecule has 0 atom stereocenters. The molecule has 3 aliphatic rings. The number of hydrogen-bond donors (Lipinski definition) is 1. The van der Waals surface area contributed by atoms with Gasteiger partial charge in [0.05, 0.1) is 0 Å². The molecule has 3 saturated heterocycles. The fourth-order valence-corrected chi connectivity index (χ4v) is 4.93. The van der Waals surface area contributed by atoms with E-state index in [0.29, 0.717) is 11.3 Å². The van der Waals surface area contributed by atoms with Crippen molar-refractivity contribution in [2.75, 3.05) is 52.4 Å². The quantitative estimate of drug-likeness (QED) is 0.835. The summed E-state index contributed by atoms with van der Waals surface area (Å²) in [6, 6.07) is 0.131. The minimum atomic E-state index is 0.109. The summed E-state index contributed by atoms with van der Waals surface area (Å²) < 4.78 is 0. The molecule has 0 radical (unpaired) electrons. The minimum Gasteiger partial charge on any atom is -0.342 e. The van der Waals surface area contributed by atoms with Gasteiger partial charge >= 0.3 is 6.03 Å². The molecule has 6 nitrogen and oxygen atoms in total. The van der Waals surface area contributed by atoms with Crippen molar-refractivity contribution < 1.29 is 9.59 Å². The lowest BCUT2D eigenvalue weighted by Gasteiger charge is -2.45. The standard InChI is InChI=1S/C20H36N4O2/c1-3-22(4-2)19(26)24-13-5-17(6-14-24)18(25)23-15-9-20(10-16-23)7-11-21-12-8-20/h17,21H,3-16H2,1-2H3.